The third-order valence-electron chi connectivity index (χ3n) is 4.55. The number of ether oxygens (including phenoxy) is 1. The molecule has 27 heavy (non-hydrogen) atoms. The Balaban J connectivity index is 1.63. The van der Waals surface area contributed by atoms with Crippen LogP contribution in [-0.4, -0.2) is 54.4 Å². The van der Waals surface area contributed by atoms with E-state index in [1.807, 2.05) is 19.1 Å². The van der Waals surface area contributed by atoms with Crippen LogP contribution in [0, 0.1) is 0 Å². The molecule has 2 aromatic carbocycles. The fraction of sp³-hybridized carbons (Fsp3) is 0.333. The fourth-order valence-corrected chi connectivity index (χ4v) is 3.36. The van der Waals surface area contributed by atoms with Crippen molar-refractivity contribution in [2.75, 3.05) is 32.8 Å². The van der Waals surface area contributed by atoms with Crippen LogP contribution in [0.1, 0.15) is 34.1 Å². The summed E-state index contributed by atoms with van der Waals surface area (Å²) in [5, 5.41) is 0.544. The Morgan fingerprint density at radius 2 is 1.56 bits per heavy atom. The summed E-state index contributed by atoms with van der Waals surface area (Å²) in [5.74, 6) is 0.686. The number of nitrogens with zero attached hydrogens (tertiary/aromatic N) is 2. The van der Waals surface area contributed by atoms with Gasteiger partial charge < -0.3 is 14.5 Å². The van der Waals surface area contributed by atoms with Gasteiger partial charge in [0.15, 0.2) is 0 Å². The lowest BCUT2D eigenvalue weighted by Gasteiger charge is -2.22. The normalized spacial score (nSPS) is 14.6. The van der Waals surface area contributed by atoms with E-state index < -0.39 is 0 Å². The average molecular weight is 387 g/mol. The Hall–Kier alpha value is -2.53. The first-order valence-corrected chi connectivity index (χ1v) is 9.53. The van der Waals surface area contributed by atoms with Crippen LogP contribution in [0.3, 0.4) is 0 Å². The minimum atomic E-state index is -0.0483. The molecule has 1 saturated heterocycles. The van der Waals surface area contributed by atoms with E-state index >= 15 is 0 Å². The summed E-state index contributed by atoms with van der Waals surface area (Å²) in [6, 6.07) is 14.2. The van der Waals surface area contributed by atoms with Crippen molar-refractivity contribution in [3.05, 3.63) is 64.7 Å². The second kappa shape index (κ2) is 8.91. The van der Waals surface area contributed by atoms with Crippen molar-refractivity contribution in [1.82, 2.24) is 9.80 Å². The minimum Gasteiger partial charge on any atom is -0.494 e. The number of carbonyl (C=O) groups is 2. The molecular formula is C21H23ClN2O3. The van der Waals surface area contributed by atoms with Crippen LogP contribution in [0.4, 0.5) is 0 Å². The molecule has 0 spiro atoms. The van der Waals surface area contributed by atoms with Crippen LogP contribution in [0.5, 0.6) is 5.75 Å². The van der Waals surface area contributed by atoms with E-state index in [2.05, 4.69) is 0 Å². The first-order chi connectivity index (χ1) is 13.1. The van der Waals surface area contributed by atoms with Crippen molar-refractivity contribution >= 4 is 23.4 Å². The number of carbonyl (C=O) groups excluding carboxylic acids is 2. The minimum absolute atomic E-state index is 0.0184. The number of halogens is 1. The van der Waals surface area contributed by atoms with Crippen molar-refractivity contribution in [3.63, 3.8) is 0 Å². The highest BCUT2D eigenvalue weighted by Crippen LogP contribution is 2.17. The zero-order valence-corrected chi connectivity index (χ0v) is 16.1. The van der Waals surface area contributed by atoms with Gasteiger partial charge in [-0.15, -0.1) is 0 Å². The van der Waals surface area contributed by atoms with E-state index in [9.17, 15) is 9.59 Å². The first kappa shape index (κ1) is 19.2. The van der Waals surface area contributed by atoms with Gasteiger partial charge in [-0.1, -0.05) is 17.7 Å². The predicted octanol–water partition coefficient (Wildman–Crippen LogP) is 3.73. The molecule has 2 amide bonds. The molecular weight excluding hydrogens is 364 g/mol. The summed E-state index contributed by atoms with van der Waals surface area (Å²) in [6.07, 6.45) is 0.745. The highest BCUT2D eigenvalue weighted by molar-refractivity contribution is 6.30. The van der Waals surface area contributed by atoms with Crippen LogP contribution in [0.15, 0.2) is 48.5 Å². The lowest BCUT2D eigenvalue weighted by molar-refractivity contribution is 0.0718. The molecule has 0 atom stereocenters. The maximum Gasteiger partial charge on any atom is 0.253 e. The van der Waals surface area contributed by atoms with Gasteiger partial charge in [-0.05, 0) is 55.8 Å². The number of hydrogen-bond donors (Lipinski definition) is 0. The molecule has 1 fully saturated rings. The summed E-state index contributed by atoms with van der Waals surface area (Å²) >= 11 is 5.99. The van der Waals surface area contributed by atoms with E-state index in [0.29, 0.717) is 48.9 Å². The molecule has 1 aliphatic heterocycles. The van der Waals surface area contributed by atoms with Crippen molar-refractivity contribution in [2.24, 2.45) is 0 Å². The van der Waals surface area contributed by atoms with Crippen molar-refractivity contribution in [2.45, 2.75) is 13.3 Å². The summed E-state index contributed by atoms with van der Waals surface area (Å²) in [6.45, 7) is 4.79. The second-order valence-electron chi connectivity index (χ2n) is 6.41. The Bertz CT molecular complexity index is 807. The molecule has 6 heteroatoms. The molecule has 2 aromatic rings. The van der Waals surface area contributed by atoms with E-state index in [4.69, 9.17) is 16.3 Å². The van der Waals surface area contributed by atoms with E-state index in [1.54, 1.807) is 46.2 Å². The van der Waals surface area contributed by atoms with Gasteiger partial charge in [-0.25, -0.2) is 0 Å². The number of hydrogen-bond acceptors (Lipinski definition) is 3. The van der Waals surface area contributed by atoms with Gasteiger partial charge in [-0.2, -0.15) is 0 Å². The Kier molecular flexibility index (Phi) is 6.35. The maximum atomic E-state index is 12.8. The molecule has 1 heterocycles. The van der Waals surface area contributed by atoms with Crippen LogP contribution in [0.25, 0.3) is 0 Å². The largest absolute Gasteiger partial charge is 0.494 e. The topological polar surface area (TPSA) is 49.9 Å². The molecule has 0 radical (unpaired) electrons. The molecule has 3 rings (SSSR count). The number of rotatable bonds is 4. The van der Waals surface area contributed by atoms with Gasteiger partial charge >= 0.3 is 0 Å². The zero-order chi connectivity index (χ0) is 19.2. The quantitative estimate of drug-likeness (QED) is 0.804. The SMILES string of the molecule is CCOc1ccc(C(=O)N2CCCN(C(=O)c3cccc(Cl)c3)CC2)cc1. The van der Waals surface area contributed by atoms with Crippen molar-refractivity contribution in [1.29, 1.82) is 0 Å². The molecule has 0 N–H and O–H groups in total. The van der Waals surface area contributed by atoms with Gasteiger partial charge in [-0.3, -0.25) is 9.59 Å². The van der Waals surface area contributed by atoms with E-state index in [0.717, 1.165) is 12.2 Å². The lowest BCUT2D eigenvalue weighted by Crippen LogP contribution is -2.37. The van der Waals surface area contributed by atoms with E-state index in [-0.39, 0.29) is 11.8 Å². The Labute approximate surface area is 164 Å². The third-order valence-corrected chi connectivity index (χ3v) is 4.79. The molecule has 0 aliphatic carbocycles. The molecule has 0 aromatic heterocycles. The molecule has 0 bridgehead atoms. The van der Waals surface area contributed by atoms with Crippen LogP contribution in [0.2, 0.25) is 5.02 Å². The molecule has 1 aliphatic rings. The summed E-state index contributed by atoms with van der Waals surface area (Å²) in [4.78, 5) is 29.1. The molecule has 142 valence electrons. The summed E-state index contributed by atoms with van der Waals surface area (Å²) < 4.78 is 5.42. The first-order valence-electron chi connectivity index (χ1n) is 9.15. The standard InChI is InChI=1S/C21H23ClN2O3/c1-2-27-19-9-7-16(8-10-19)20(25)23-11-4-12-24(14-13-23)21(26)17-5-3-6-18(22)15-17/h3,5-10,15H,2,4,11-14H2,1H3. The van der Waals surface area contributed by atoms with Gasteiger partial charge in [0, 0.05) is 42.3 Å². The smallest absolute Gasteiger partial charge is 0.253 e. The number of benzene rings is 2. The monoisotopic (exact) mass is 386 g/mol. The summed E-state index contributed by atoms with van der Waals surface area (Å²) in [5.41, 5.74) is 1.21. The molecule has 0 unspecified atom stereocenters. The van der Waals surface area contributed by atoms with Gasteiger partial charge in [0.2, 0.25) is 0 Å². The molecule has 5 nitrogen and oxygen atoms in total. The predicted molar refractivity (Wildman–Crippen MR) is 105 cm³/mol. The average Bonchev–Trinajstić information content (AvgIpc) is 2.94. The zero-order valence-electron chi connectivity index (χ0n) is 15.4. The van der Waals surface area contributed by atoms with Crippen molar-refractivity contribution in [3.8, 4) is 5.75 Å². The fourth-order valence-electron chi connectivity index (χ4n) is 3.17. The molecule has 0 saturated carbocycles. The Morgan fingerprint density at radius 3 is 2.15 bits per heavy atom. The van der Waals surface area contributed by atoms with Crippen LogP contribution in [-0.2, 0) is 0 Å². The Morgan fingerprint density at radius 1 is 0.926 bits per heavy atom. The van der Waals surface area contributed by atoms with E-state index in [1.165, 1.54) is 0 Å². The van der Waals surface area contributed by atoms with Crippen molar-refractivity contribution < 1.29 is 14.3 Å². The van der Waals surface area contributed by atoms with Crippen LogP contribution < -0.4 is 4.74 Å². The maximum absolute atomic E-state index is 12.8. The highest BCUT2D eigenvalue weighted by Gasteiger charge is 2.23. The summed E-state index contributed by atoms with van der Waals surface area (Å²) in [7, 11) is 0. The van der Waals surface area contributed by atoms with Gasteiger partial charge in [0.25, 0.3) is 11.8 Å². The second-order valence-corrected chi connectivity index (χ2v) is 6.84. The van der Waals surface area contributed by atoms with Gasteiger partial charge in [0.05, 0.1) is 6.61 Å². The highest BCUT2D eigenvalue weighted by atomic mass is 35.5. The van der Waals surface area contributed by atoms with Gasteiger partial charge in [0.1, 0.15) is 5.75 Å². The van der Waals surface area contributed by atoms with Crippen LogP contribution >= 0.6 is 11.6 Å². The third kappa shape index (κ3) is 4.80. The number of amides is 2. The lowest BCUT2D eigenvalue weighted by atomic mass is 10.2.